The third kappa shape index (κ3) is 8.33. The Morgan fingerprint density at radius 1 is 1.07 bits per heavy atom. The van der Waals surface area contributed by atoms with Gasteiger partial charge in [0.15, 0.2) is 29.8 Å². The molecule has 0 radical (unpaired) electrons. The van der Waals surface area contributed by atoms with Crippen LogP contribution in [0, 0.1) is 5.82 Å². The van der Waals surface area contributed by atoms with Gasteiger partial charge in [-0.3, -0.25) is 14.2 Å². The molecule has 2 aromatic heterocycles. The van der Waals surface area contributed by atoms with Crippen LogP contribution >= 0.6 is 7.82 Å². The number of hydrogen-bond donors (Lipinski definition) is 4. The predicted octanol–water partition coefficient (Wildman–Crippen LogP) is -3.64. The maximum Gasteiger partial charge on any atom is 1.00 e. The van der Waals surface area contributed by atoms with Crippen molar-refractivity contribution in [1.82, 2.24) is 15.0 Å². The van der Waals surface area contributed by atoms with Crippen LogP contribution < -0.4 is 84.3 Å². The van der Waals surface area contributed by atoms with Gasteiger partial charge < -0.3 is 37.6 Å². The number of fused-ring (bicyclic) bond motifs is 1. The first-order valence-electron chi connectivity index (χ1n) is 11.4. The normalized spacial score (nSPS) is 14.8. The van der Waals surface area contributed by atoms with E-state index in [1.54, 1.807) is 0 Å². The van der Waals surface area contributed by atoms with Crippen LogP contribution in [0.25, 0.3) is 0 Å². The standard InChI is InChI=1S/C22H23FN7O7P.2Na.2H/c23-16-11-24-22(25-14-1-3-15(4-2-14)29-7-9-35-10-8-29)28-20(16)26-18-6-5-17-21(27-18)30(19(31)12-36-17)13-37-38(32,33)34;;;;/h1-6,11H,7-10,12-13H2,(H2,32,33,34)(H2,24,25,26,27,28);;;;/q;2*+1;2*-1. The van der Waals surface area contributed by atoms with Crippen LogP contribution in [0.2, 0.25) is 0 Å². The molecular formula is C22H25FN7Na2O7P. The number of halogens is 1. The molecule has 14 nitrogen and oxygen atoms in total. The molecule has 40 heavy (non-hydrogen) atoms. The first-order valence-corrected chi connectivity index (χ1v) is 12.9. The molecule has 1 saturated heterocycles. The molecular weight excluding hydrogens is 570 g/mol. The van der Waals surface area contributed by atoms with Crippen LogP contribution in [0.4, 0.5) is 39.2 Å². The van der Waals surface area contributed by atoms with Gasteiger partial charge in [-0.1, -0.05) is 0 Å². The Morgan fingerprint density at radius 2 is 1.80 bits per heavy atom. The quantitative estimate of drug-likeness (QED) is 0.149. The number of anilines is 6. The second-order valence-corrected chi connectivity index (χ2v) is 9.40. The maximum absolute atomic E-state index is 14.5. The molecule has 0 unspecified atom stereocenters. The minimum absolute atomic E-state index is 0. The Kier molecular flexibility index (Phi) is 11.7. The number of rotatable bonds is 8. The summed E-state index contributed by atoms with van der Waals surface area (Å²) in [7, 11) is -4.85. The number of nitrogens with one attached hydrogen (secondary N) is 2. The molecule has 1 aromatic carbocycles. The largest absolute Gasteiger partial charge is 1.00 e. The van der Waals surface area contributed by atoms with Gasteiger partial charge in [0.05, 0.1) is 19.4 Å². The summed E-state index contributed by atoms with van der Waals surface area (Å²) in [6.07, 6.45) is 0.991. The Hall–Kier alpha value is -1.88. The van der Waals surface area contributed by atoms with E-state index in [1.807, 2.05) is 24.3 Å². The van der Waals surface area contributed by atoms with E-state index in [2.05, 4.69) is 35.0 Å². The average Bonchev–Trinajstić information content (AvgIpc) is 2.90. The fourth-order valence-corrected chi connectivity index (χ4v) is 4.02. The second kappa shape index (κ2) is 14.3. The first kappa shape index (κ1) is 32.6. The molecule has 0 atom stereocenters. The summed E-state index contributed by atoms with van der Waals surface area (Å²) in [5, 5.41) is 5.75. The number of phosphoric ester groups is 1. The fraction of sp³-hybridized carbons (Fsp3) is 0.273. The minimum Gasteiger partial charge on any atom is -1.00 e. The Morgan fingerprint density at radius 3 is 2.50 bits per heavy atom. The van der Waals surface area contributed by atoms with Crippen molar-refractivity contribution in [3.05, 3.63) is 48.4 Å². The molecule has 0 saturated carbocycles. The number of ether oxygens (including phenoxy) is 2. The summed E-state index contributed by atoms with van der Waals surface area (Å²) < 4.78 is 40.8. The predicted molar refractivity (Wildman–Crippen MR) is 135 cm³/mol. The molecule has 0 aliphatic carbocycles. The van der Waals surface area contributed by atoms with E-state index in [9.17, 15) is 13.8 Å². The number of amides is 1. The van der Waals surface area contributed by atoms with Gasteiger partial charge >= 0.3 is 66.9 Å². The minimum atomic E-state index is -4.85. The van der Waals surface area contributed by atoms with Crippen LogP contribution in [0.5, 0.6) is 5.75 Å². The summed E-state index contributed by atoms with van der Waals surface area (Å²) in [6, 6.07) is 10.6. The molecule has 5 rings (SSSR count). The molecule has 0 spiro atoms. The Balaban J connectivity index is 0.00000220. The number of aromatic nitrogens is 3. The third-order valence-corrected chi connectivity index (χ3v) is 6.04. The van der Waals surface area contributed by atoms with Crippen molar-refractivity contribution in [2.45, 2.75) is 0 Å². The van der Waals surface area contributed by atoms with Crippen molar-refractivity contribution in [1.29, 1.82) is 0 Å². The molecule has 1 fully saturated rings. The summed E-state index contributed by atoms with van der Waals surface area (Å²) in [5.41, 5.74) is 1.75. The number of phosphoric acid groups is 1. The number of benzene rings is 1. The molecule has 1 amide bonds. The summed E-state index contributed by atoms with van der Waals surface area (Å²) in [5.74, 6) is -1.26. The summed E-state index contributed by atoms with van der Waals surface area (Å²) >= 11 is 0. The molecule has 204 valence electrons. The molecule has 3 aromatic rings. The van der Waals surface area contributed by atoms with Crippen LogP contribution in [-0.2, 0) is 18.6 Å². The number of morpholine rings is 1. The van der Waals surface area contributed by atoms with Crippen LogP contribution in [-0.4, -0.2) is 70.3 Å². The number of carbonyl (C=O) groups excluding carboxylic acids is 1. The van der Waals surface area contributed by atoms with Crippen molar-refractivity contribution < 1.29 is 99.5 Å². The van der Waals surface area contributed by atoms with Gasteiger partial charge in [0.1, 0.15) is 12.5 Å². The SMILES string of the molecule is O=C1COc2ccc(Nc3nc(Nc4ccc(N5CCOCC5)cc4)ncc3F)nc2N1COP(=O)(O)O.[H-].[H-].[Na+].[Na+]. The summed E-state index contributed by atoms with van der Waals surface area (Å²) in [6.45, 7) is 1.87. The number of nitrogens with zero attached hydrogens (tertiary/aromatic N) is 5. The molecule has 18 heteroatoms. The van der Waals surface area contributed by atoms with Gasteiger partial charge in [0.2, 0.25) is 5.95 Å². The molecule has 4 N–H and O–H groups in total. The maximum atomic E-state index is 14.5. The van der Waals surface area contributed by atoms with Crippen molar-refractivity contribution >= 4 is 48.5 Å². The van der Waals surface area contributed by atoms with Gasteiger partial charge in [-0.05, 0) is 36.4 Å². The second-order valence-electron chi connectivity index (χ2n) is 8.16. The molecule has 2 aliphatic rings. The van der Waals surface area contributed by atoms with E-state index in [1.165, 1.54) is 12.1 Å². The third-order valence-electron chi connectivity index (χ3n) is 5.59. The van der Waals surface area contributed by atoms with Gasteiger partial charge in [0.25, 0.3) is 5.91 Å². The van der Waals surface area contributed by atoms with Gasteiger partial charge in [-0.2, -0.15) is 4.98 Å². The average molecular weight is 595 g/mol. The van der Waals surface area contributed by atoms with Crippen molar-refractivity contribution in [3.63, 3.8) is 0 Å². The van der Waals surface area contributed by atoms with Crippen LogP contribution in [0.3, 0.4) is 0 Å². The summed E-state index contributed by atoms with van der Waals surface area (Å²) in [4.78, 5) is 45.7. The smallest absolute Gasteiger partial charge is 1.00 e. The molecule has 4 heterocycles. The monoisotopic (exact) mass is 595 g/mol. The van der Waals surface area contributed by atoms with E-state index in [0.717, 1.165) is 29.9 Å². The Bertz CT molecular complexity index is 1390. The molecule has 0 bridgehead atoms. The van der Waals surface area contributed by atoms with E-state index in [4.69, 9.17) is 19.3 Å². The number of pyridine rings is 1. The van der Waals surface area contributed by atoms with Crippen molar-refractivity contribution in [2.75, 3.05) is 60.1 Å². The van der Waals surface area contributed by atoms with Gasteiger partial charge in [-0.25, -0.2) is 18.9 Å². The zero-order valence-electron chi connectivity index (χ0n) is 23.8. The van der Waals surface area contributed by atoms with E-state index >= 15 is 0 Å². The van der Waals surface area contributed by atoms with Crippen LogP contribution in [0.15, 0.2) is 42.6 Å². The zero-order valence-corrected chi connectivity index (χ0v) is 26.7. The molecule has 2 aliphatic heterocycles. The fourth-order valence-electron chi connectivity index (χ4n) is 3.76. The number of carbonyl (C=O) groups is 1. The van der Waals surface area contributed by atoms with E-state index in [0.29, 0.717) is 18.9 Å². The van der Waals surface area contributed by atoms with Gasteiger partial charge in [-0.15, -0.1) is 0 Å². The van der Waals surface area contributed by atoms with E-state index < -0.39 is 26.3 Å². The number of hydrogen-bond acceptors (Lipinski definition) is 11. The first-order chi connectivity index (χ1) is 18.2. The van der Waals surface area contributed by atoms with Crippen molar-refractivity contribution in [3.8, 4) is 5.75 Å². The van der Waals surface area contributed by atoms with Crippen molar-refractivity contribution in [2.24, 2.45) is 0 Å². The van der Waals surface area contributed by atoms with Gasteiger partial charge in [0, 0.05) is 24.5 Å². The Labute approximate surface area is 275 Å². The van der Waals surface area contributed by atoms with Crippen LogP contribution in [0.1, 0.15) is 2.85 Å². The zero-order chi connectivity index (χ0) is 26.7. The topological polar surface area (TPSA) is 171 Å². The van der Waals surface area contributed by atoms with E-state index in [-0.39, 0.29) is 97.7 Å².